The van der Waals surface area contributed by atoms with Crippen molar-refractivity contribution in [3.63, 3.8) is 0 Å². The largest absolute Gasteiger partial charge is 0.547 e. The topological polar surface area (TPSA) is 69.6 Å². The van der Waals surface area contributed by atoms with Gasteiger partial charge in [-0.2, -0.15) is 0 Å². The van der Waals surface area contributed by atoms with Gasteiger partial charge in [-0.1, -0.05) is 0 Å². The lowest BCUT2D eigenvalue weighted by molar-refractivity contribution is -0.326. The Bertz CT molecular complexity index is 106. The number of carbonyl (C=O) groups is 1. The van der Waals surface area contributed by atoms with E-state index in [0.29, 0.717) is 0 Å². The van der Waals surface area contributed by atoms with Crippen LogP contribution < -0.4 is 5.11 Å². The lowest BCUT2D eigenvalue weighted by Crippen LogP contribution is -2.50. The first-order valence-corrected chi connectivity index (χ1v) is 2.44. The van der Waals surface area contributed by atoms with Gasteiger partial charge in [-0.15, -0.1) is 0 Å². The second-order valence-corrected chi connectivity index (χ2v) is 1.88. The number of carboxylic acid groups (broad SMARTS) is 1. The monoisotopic (exact) mass is 133 g/mol. The molecular formula is C5H9O4-. The van der Waals surface area contributed by atoms with E-state index in [9.17, 15) is 9.90 Å². The van der Waals surface area contributed by atoms with Gasteiger partial charge in [-0.25, -0.2) is 0 Å². The molecule has 1 atom stereocenters. The Labute approximate surface area is 53.1 Å². The molecule has 4 nitrogen and oxygen atoms in total. The molecule has 0 bridgehead atoms. The van der Waals surface area contributed by atoms with Gasteiger partial charge in [0.25, 0.3) is 0 Å². The molecule has 0 rings (SSSR count). The maximum Gasteiger partial charge on any atom is 0.127 e. The molecule has 0 amide bonds. The molecule has 0 aliphatic rings. The molecule has 54 valence electrons. The lowest BCUT2D eigenvalue weighted by Gasteiger charge is -2.25. The highest BCUT2D eigenvalue weighted by molar-refractivity contribution is 5.74. The van der Waals surface area contributed by atoms with Crippen LogP contribution in [0.1, 0.15) is 6.92 Å². The molecule has 0 heterocycles. The number of ether oxygens (including phenoxy) is 1. The molecular weight excluding hydrogens is 124 g/mol. The summed E-state index contributed by atoms with van der Waals surface area (Å²) in [6.45, 7) is 0.661. The molecule has 0 radical (unpaired) electrons. The predicted molar refractivity (Wildman–Crippen MR) is 27.5 cm³/mol. The predicted octanol–water partition coefficient (Wildman–Crippen LogP) is -1.87. The van der Waals surface area contributed by atoms with Crippen LogP contribution in [0.25, 0.3) is 0 Å². The summed E-state index contributed by atoms with van der Waals surface area (Å²) in [5, 5.41) is 18.5. The van der Waals surface area contributed by atoms with Gasteiger partial charge >= 0.3 is 0 Å². The maximum atomic E-state index is 10.1. The minimum absolute atomic E-state index is 0.578. The van der Waals surface area contributed by atoms with Crippen LogP contribution in [-0.2, 0) is 9.53 Å². The molecule has 0 aromatic heterocycles. The van der Waals surface area contributed by atoms with Crippen molar-refractivity contribution in [2.75, 3.05) is 13.7 Å². The third kappa shape index (κ3) is 1.65. The summed E-state index contributed by atoms with van der Waals surface area (Å²) in [6.07, 6.45) is 0. The third-order valence-corrected chi connectivity index (χ3v) is 1.18. The highest BCUT2D eigenvalue weighted by Gasteiger charge is 2.23. The molecule has 0 spiro atoms. The van der Waals surface area contributed by atoms with E-state index in [4.69, 9.17) is 5.11 Å². The van der Waals surface area contributed by atoms with Gasteiger partial charge in [0.15, 0.2) is 0 Å². The number of hydrogen-bond donors (Lipinski definition) is 1. The van der Waals surface area contributed by atoms with E-state index in [1.54, 1.807) is 0 Å². The molecule has 0 fully saturated rings. The minimum Gasteiger partial charge on any atom is -0.547 e. The highest BCUT2D eigenvalue weighted by atomic mass is 16.5. The Hall–Kier alpha value is -0.610. The van der Waals surface area contributed by atoms with Gasteiger partial charge in [0.2, 0.25) is 0 Å². The van der Waals surface area contributed by atoms with Crippen LogP contribution in [0.3, 0.4) is 0 Å². The van der Waals surface area contributed by atoms with E-state index in [1.807, 2.05) is 0 Å². The van der Waals surface area contributed by atoms with E-state index in [2.05, 4.69) is 4.74 Å². The average molecular weight is 133 g/mol. The van der Waals surface area contributed by atoms with E-state index in [1.165, 1.54) is 14.0 Å². The van der Waals surface area contributed by atoms with Gasteiger partial charge in [0.1, 0.15) is 5.60 Å². The van der Waals surface area contributed by atoms with Crippen molar-refractivity contribution in [1.82, 2.24) is 0 Å². The van der Waals surface area contributed by atoms with Crippen LogP contribution in [0.5, 0.6) is 0 Å². The molecule has 0 aliphatic carbocycles. The summed E-state index contributed by atoms with van der Waals surface area (Å²) in [7, 11) is 1.20. The normalized spacial score (nSPS) is 16.8. The first-order valence-electron chi connectivity index (χ1n) is 2.44. The Kier molecular flexibility index (Phi) is 2.61. The summed E-state index contributed by atoms with van der Waals surface area (Å²) in [5.41, 5.74) is -1.56. The van der Waals surface area contributed by atoms with Gasteiger partial charge < -0.3 is 19.7 Å². The number of carbonyl (C=O) groups excluding carboxylic acids is 1. The van der Waals surface area contributed by atoms with Crippen molar-refractivity contribution in [3.8, 4) is 0 Å². The van der Waals surface area contributed by atoms with Crippen molar-refractivity contribution in [1.29, 1.82) is 0 Å². The molecule has 1 N–H and O–H groups in total. The second-order valence-electron chi connectivity index (χ2n) is 1.88. The highest BCUT2D eigenvalue weighted by Crippen LogP contribution is 2.04. The summed E-state index contributed by atoms with van der Waals surface area (Å²) >= 11 is 0. The zero-order valence-electron chi connectivity index (χ0n) is 5.38. The third-order valence-electron chi connectivity index (χ3n) is 1.18. The molecule has 4 heteroatoms. The van der Waals surface area contributed by atoms with Crippen LogP contribution in [0.4, 0.5) is 0 Å². The van der Waals surface area contributed by atoms with Gasteiger partial charge in [0.05, 0.1) is 12.6 Å². The van der Waals surface area contributed by atoms with Crippen molar-refractivity contribution < 1.29 is 19.7 Å². The Morgan fingerprint density at radius 2 is 2.33 bits per heavy atom. The molecule has 0 saturated heterocycles. The summed E-state index contributed by atoms with van der Waals surface area (Å²) in [4.78, 5) is 10.1. The van der Waals surface area contributed by atoms with Crippen molar-refractivity contribution >= 4 is 5.97 Å². The van der Waals surface area contributed by atoms with Crippen LogP contribution in [0, 0.1) is 0 Å². The van der Waals surface area contributed by atoms with E-state index < -0.39 is 18.2 Å². The number of rotatable bonds is 3. The first kappa shape index (κ1) is 8.39. The summed E-state index contributed by atoms with van der Waals surface area (Å²) < 4.78 is 4.44. The SMILES string of the molecule is CO[C@@](C)(CO)C(=O)[O-]. The van der Waals surface area contributed by atoms with Crippen molar-refractivity contribution in [2.45, 2.75) is 12.5 Å². The van der Waals surface area contributed by atoms with E-state index in [-0.39, 0.29) is 0 Å². The van der Waals surface area contributed by atoms with Gasteiger partial charge in [-0.05, 0) is 6.92 Å². The fourth-order valence-electron chi connectivity index (χ4n) is 0.212. The smallest absolute Gasteiger partial charge is 0.127 e. The standard InChI is InChI=1S/C5H10O4/c1-5(3-6,9-2)4(7)8/h6H,3H2,1-2H3,(H,7,8)/p-1/t5-/m0/s1. The van der Waals surface area contributed by atoms with Crippen LogP contribution >= 0.6 is 0 Å². The summed E-state index contributed by atoms with van der Waals surface area (Å²) in [5.74, 6) is -1.41. The molecule has 0 saturated carbocycles. The average Bonchev–Trinajstić information content (AvgIpc) is 1.86. The molecule has 9 heavy (non-hydrogen) atoms. The fourth-order valence-corrected chi connectivity index (χ4v) is 0.212. The Morgan fingerprint density at radius 3 is 2.33 bits per heavy atom. The number of aliphatic hydroxyl groups is 1. The zero-order chi connectivity index (χ0) is 7.49. The Balaban J connectivity index is 4.09. The fraction of sp³-hybridized carbons (Fsp3) is 0.800. The van der Waals surface area contributed by atoms with Gasteiger partial charge in [-0.3, -0.25) is 0 Å². The van der Waals surface area contributed by atoms with Crippen LogP contribution in [-0.4, -0.2) is 30.4 Å². The van der Waals surface area contributed by atoms with E-state index >= 15 is 0 Å². The van der Waals surface area contributed by atoms with Crippen LogP contribution in [0.15, 0.2) is 0 Å². The second kappa shape index (κ2) is 2.80. The maximum absolute atomic E-state index is 10.1. The minimum atomic E-state index is -1.56. The zero-order valence-corrected chi connectivity index (χ0v) is 5.38. The van der Waals surface area contributed by atoms with Crippen molar-refractivity contribution in [3.05, 3.63) is 0 Å². The number of methoxy groups -OCH3 is 1. The summed E-state index contributed by atoms with van der Waals surface area (Å²) in [6, 6.07) is 0. The first-order chi connectivity index (χ1) is 4.06. The van der Waals surface area contributed by atoms with Crippen molar-refractivity contribution in [2.24, 2.45) is 0 Å². The number of carboxylic acids is 1. The number of aliphatic carboxylic acids is 1. The Morgan fingerprint density at radius 1 is 1.89 bits per heavy atom. The number of hydrogen-bond acceptors (Lipinski definition) is 4. The van der Waals surface area contributed by atoms with Gasteiger partial charge in [0, 0.05) is 7.11 Å². The molecule has 0 aromatic rings. The molecule has 0 unspecified atom stereocenters. The van der Waals surface area contributed by atoms with Crippen LogP contribution in [0.2, 0.25) is 0 Å². The lowest BCUT2D eigenvalue weighted by atomic mass is 10.1. The quantitative estimate of drug-likeness (QED) is 0.490. The van der Waals surface area contributed by atoms with E-state index in [0.717, 1.165) is 0 Å². The number of aliphatic hydroxyl groups excluding tert-OH is 1. The molecule has 0 aromatic carbocycles. The molecule has 0 aliphatic heterocycles.